The molecule has 0 bridgehead atoms. The number of hydrogen-bond donors (Lipinski definition) is 1. The van der Waals surface area contributed by atoms with Gasteiger partial charge >= 0.3 is 0 Å². The van der Waals surface area contributed by atoms with Crippen LogP contribution < -0.4 is 5.84 Å². The van der Waals surface area contributed by atoms with Gasteiger partial charge in [0.15, 0.2) is 5.82 Å². The van der Waals surface area contributed by atoms with Crippen LogP contribution in [0.5, 0.6) is 0 Å². The zero-order chi connectivity index (χ0) is 18.0. The van der Waals surface area contributed by atoms with Crippen LogP contribution in [0, 0.1) is 13.8 Å². The van der Waals surface area contributed by atoms with E-state index in [1.165, 1.54) is 16.4 Å². The fraction of sp³-hybridized carbons (Fsp3) is 0.533. The largest absolute Gasteiger partial charge is 0.338 e. The summed E-state index contributed by atoms with van der Waals surface area (Å²) in [5, 5.41) is 17.2. The highest BCUT2D eigenvalue weighted by atomic mass is 32.2. The predicted octanol–water partition coefficient (Wildman–Crippen LogP) is 2.37. The summed E-state index contributed by atoms with van der Waals surface area (Å²) in [6.07, 6.45) is 2.97. The lowest BCUT2D eigenvalue weighted by Gasteiger charge is -2.07. The fourth-order valence-corrected chi connectivity index (χ4v) is 3.20. The zero-order valence-corrected chi connectivity index (χ0v) is 15.6. The van der Waals surface area contributed by atoms with Crippen molar-refractivity contribution in [1.82, 2.24) is 34.8 Å². The van der Waals surface area contributed by atoms with E-state index in [4.69, 9.17) is 10.4 Å². The minimum Gasteiger partial charge on any atom is -0.338 e. The van der Waals surface area contributed by atoms with E-state index in [0.717, 1.165) is 36.5 Å². The van der Waals surface area contributed by atoms with Crippen LogP contribution in [0.3, 0.4) is 0 Å². The molecule has 0 amide bonds. The number of rotatable bonds is 7. The van der Waals surface area contributed by atoms with Gasteiger partial charge in [0.2, 0.25) is 11.0 Å². The Morgan fingerprint density at radius 1 is 1.32 bits per heavy atom. The summed E-state index contributed by atoms with van der Waals surface area (Å²) in [7, 11) is 0. The Morgan fingerprint density at radius 3 is 2.80 bits per heavy atom. The molecule has 0 aliphatic rings. The van der Waals surface area contributed by atoms with Gasteiger partial charge in [-0.2, -0.15) is 10.1 Å². The Labute approximate surface area is 150 Å². The molecule has 10 heteroatoms. The SMILES string of the molecule is CCCCc1noc(C(C)Sc2nnc(-n3nc(C)cc3C)n2N)n1. The van der Waals surface area contributed by atoms with Gasteiger partial charge in [-0.05, 0) is 33.3 Å². The first-order valence-corrected chi connectivity index (χ1v) is 9.10. The van der Waals surface area contributed by atoms with Crippen molar-refractivity contribution in [2.45, 2.75) is 57.4 Å². The van der Waals surface area contributed by atoms with E-state index in [1.807, 2.05) is 26.8 Å². The summed E-state index contributed by atoms with van der Waals surface area (Å²) < 4.78 is 8.45. The normalized spacial score (nSPS) is 12.6. The Morgan fingerprint density at radius 2 is 2.12 bits per heavy atom. The molecule has 25 heavy (non-hydrogen) atoms. The third-order valence-corrected chi connectivity index (χ3v) is 4.76. The standard InChI is InChI=1S/C15H22N8OS/c1-5-6-7-12-17-13(24-21-12)11(4)25-15-19-18-14(22(15)16)23-10(3)8-9(2)20-23/h8,11H,5-7,16H2,1-4H3. The molecule has 3 heterocycles. The first-order chi connectivity index (χ1) is 12.0. The van der Waals surface area contributed by atoms with Crippen LogP contribution in [0.2, 0.25) is 0 Å². The van der Waals surface area contributed by atoms with Gasteiger partial charge in [0.1, 0.15) is 0 Å². The second kappa shape index (κ2) is 7.26. The maximum absolute atomic E-state index is 6.15. The molecular formula is C15H22N8OS. The molecule has 0 fully saturated rings. The quantitative estimate of drug-likeness (QED) is 0.503. The van der Waals surface area contributed by atoms with E-state index in [-0.39, 0.29) is 5.25 Å². The van der Waals surface area contributed by atoms with Crippen molar-refractivity contribution in [3.63, 3.8) is 0 Å². The van der Waals surface area contributed by atoms with Crippen molar-refractivity contribution in [1.29, 1.82) is 0 Å². The molecule has 134 valence electrons. The molecule has 1 atom stereocenters. The van der Waals surface area contributed by atoms with Gasteiger partial charge in [-0.15, -0.1) is 10.2 Å². The summed E-state index contributed by atoms with van der Waals surface area (Å²) in [5.41, 5.74) is 1.84. The van der Waals surface area contributed by atoms with Crippen molar-refractivity contribution in [2.75, 3.05) is 5.84 Å². The zero-order valence-electron chi connectivity index (χ0n) is 14.8. The average molecular weight is 362 g/mol. The topological polar surface area (TPSA) is 113 Å². The summed E-state index contributed by atoms with van der Waals surface area (Å²) in [5.74, 6) is 7.92. The van der Waals surface area contributed by atoms with Gasteiger partial charge in [0.25, 0.3) is 5.95 Å². The molecule has 0 spiro atoms. The van der Waals surface area contributed by atoms with E-state index in [9.17, 15) is 0 Å². The van der Waals surface area contributed by atoms with Crippen LogP contribution >= 0.6 is 11.8 Å². The van der Waals surface area contributed by atoms with Crippen molar-refractivity contribution in [3.05, 3.63) is 29.2 Å². The molecule has 3 aromatic heterocycles. The number of nitrogen functional groups attached to an aromatic ring is 1. The van der Waals surface area contributed by atoms with E-state index in [2.05, 4.69) is 32.4 Å². The number of aryl methyl sites for hydroxylation is 3. The first-order valence-electron chi connectivity index (χ1n) is 8.22. The molecule has 9 nitrogen and oxygen atoms in total. The number of thioether (sulfide) groups is 1. The molecule has 1 unspecified atom stereocenters. The second-order valence-corrected chi connectivity index (χ2v) is 7.21. The van der Waals surface area contributed by atoms with Crippen molar-refractivity contribution < 1.29 is 4.52 Å². The molecule has 0 radical (unpaired) electrons. The van der Waals surface area contributed by atoms with Crippen LogP contribution in [-0.2, 0) is 6.42 Å². The monoisotopic (exact) mass is 362 g/mol. The van der Waals surface area contributed by atoms with Crippen molar-refractivity contribution in [2.24, 2.45) is 0 Å². The van der Waals surface area contributed by atoms with Crippen LogP contribution in [0.4, 0.5) is 0 Å². The number of unbranched alkanes of at least 4 members (excludes halogenated alkanes) is 1. The minimum absolute atomic E-state index is 0.0809. The van der Waals surface area contributed by atoms with Crippen LogP contribution in [0.25, 0.3) is 5.95 Å². The molecule has 3 rings (SSSR count). The van der Waals surface area contributed by atoms with Crippen LogP contribution in [-0.4, -0.2) is 34.8 Å². The molecule has 2 N–H and O–H groups in total. The molecular weight excluding hydrogens is 340 g/mol. The van der Waals surface area contributed by atoms with E-state index in [1.54, 1.807) is 4.68 Å². The molecule has 0 saturated carbocycles. The van der Waals surface area contributed by atoms with Crippen molar-refractivity contribution >= 4 is 11.8 Å². The smallest absolute Gasteiger partial charge is 0.271 e. The molecule has 0 aliphatic heterocycles. The van der Waals surface area contributed by atoms with Crippen LogP contribution in [0.15, 0.2) is 15.7 Å². The highest BCUT2D eigenvalue weighted by Crippen LogP contribution is 2.32. The number of nitrogens with zero attached hydrogens (tertiary/aromatic N) is 7. The number of aromatic nitrogens is 7. The van der Waals surface area contributed by atoms with Crippen molar-refractivity contribution in [3.8, 4) is 5.95 Å². The minimum atomic E-state index is -0.0809. The highest BCUT2D eigenvalue weighted by Gasteiger charge is 2.21. The van der Waals surface area contributed by atoms with E-state index < -0.39 is 0 Å². The summed E-state index contributed by atoms with van der Waals surface area (Å²) in [4.78, 5) is 4.44. The third kappa shape index (κ3) is 3.68. The Hall–Kier alpha value is -2.36. The number of hydrogen-bond acceptors (Lipinski definition) is 8. The average Bonchev–Trinajstić information content (AvgIpc) is 3.26. The maximum Gasteiger partial charge on any atom is 0.271 e. The lowest BCUT2D eigenvalue weighted by atomic mass is 10.2. The maximum atomic E-state index is 6.15. The lowest BCUT2D eigenvalue weighted by Crippen LogP contribution is -2.17. The van der Waals surface area contributed by atoms with E-state index in [0.29, 0.717) is 17.0 Å². The van der Waals surface area contributed by atoms with Crippen LogP contribution in [0.1, 0.15) is 55.0 Å². The van der Waals surface area contributed by atoms with E-state index >= 15 is 0 Å². The van der Waals surface area contributed by atoms with Gasteiger partial charge in [0, 0.05) is 12.1 Å². The summed E-state index contributed by atoms with van der Waals surface area (Å²) in [6.45, 7) is 7.97. The summed E-state index contributed by atoms with van der Waals surface area (Å²) in [6, 6.07) is 1.96. The number of nitrogens with two attached hydrogens (primary N) is 1. The first kappa shape index (κ1) is 17.5. The van der Waals surface area contributed by atoms with Gasteiger partial charge in [-0.1, -0.05) is 30.3 Å². The highest BCUT2D eigenvalue weighted by molar-refractivity contribution is 7.99. The fourth-order valence-electron chi connectivity index (χ4n) is 2.40. The van der Waals surface area contributed by atoms with Gasteiger partial charge in [-0.25, -0.2) is 9.36 Å². The van der Waals surface area contributed by atoms with Gasteiger partial charge in [-0.3, -0.25) is 0 Å². The predicted molar refractivity (Wildman–Crippen MR) is 94.0 cm³/mol. The third-order valence-electron chi connectivity index (χ3n) is 3.71. The second-order valence-electron chi connectivity index (χ2n) is 5.90. The molecule has 3 aromatic rings. The summed E-state index contributed by atoms with van der Waals surface area (Å²) >= 11 is 1.42. The Bertz CT molecular complexity index is 852. The van der Waals surface area contributed by atoms with Gasteiger partial charge < -0.3 is 10.4 Å². The molecule has 0 aromatic carbocycles. The molecule has 0 saturated heterocycles. The Kier molecular flexibility index (Phi) is 5.07. The molecule has 0 aliphatic carbocycles. The lowest BCUT2D eigenvalue weighted by molar-refractivity contribution is 0.374. The van der Waals surface area contributed by atoms with Gasteiger partial charge in [0.05, 0.1) is 10.9 Å². The Balaban J connectivity index is 1.75.